The van der Waals surface area contributed by atoms with Crippen LogP contribution < -0.4 is 5.73 Å². The fourth-order valence-corrected chi connectivity index (χ4v) is 1.22. The molecule has 4 N–H and O–H groups in total. The molecule has 0 saturated carbocycles. The first-order chi connectivity index (χ1) is 6.69. The van der Waals surface area contributed by atoms with E-state index in [9.17, 15) is 10.2 Å². The monoisotopic (exact) mass is 193 g/mol. The summed E-state index contributed by atoms with van der Waals surface area (Å²) in [7, 11) is 0. The van der Waals surface area contributed by atoms with Gasteiger partial charge in [0.15, 0.2) is 0 Å². The van der Waals surface area contributed by atoms with Gasteiger partial charge in [0.2, 0.25) is 0 Å². The van der Waals surface area contributed by atoms with Crippen molar-refractivity contribution < 1.29 is 10.2 Å². The number of hydrogen-bond acceptors (Lipinski definition) is 3. The minimum atomic E-state index is -0.931. The van der Waals surface area contributed by atoms with Crippen molar-refractivity contribution in [2.45, 2.75) is 12.2 Å². The van der Waals surface area contributed by atoms with Crippen molar-refractivity contribution in [2.24, 2.45) is 5.73 Å². The fourth-order valence-electron chi connectivity index (χ4n) is 1.22. The summed E-state index contributed by atoms with van der Waals surface area (Å²) in [6.07, 6.45) is -0.166. The lowest BCUT2D eigenvalue weighted by Crippen LogP contribution is -2.27. The molecule has 1 rings (SSSR count). The molecule has 0 heterocycles. The Morgan fingerprint density at radius 1 is 1.43 bits per heavy atom. The molecule has 0 fully saturated rings. The summed E-state index contributed by atoms with van der Waals surface area (Å²) in [5.74, 6) is 0. The van der Waals surface area contributed by atoms with Crippen molar-refractivity contribution in [3.63, 3.8) is 0 Å². The molecule has 0 bridgehead atoms. The second-order valence-corrected chi connectivity index (χ2v) is 3.12. The molecule has 2 atom stereocenters. The average molecular weight is 193 g/mol. The Balaban J connectivity index is 2.89. The molecule has 0 spiro atoms. The Labute approximate surface area is 83.5 Å². The predicted octanol–water partition coefficient (Wildman–Crippen LogP) is 0.683. The summed E-state index contributed by atoms with van der Waals surface area (Å²) >= 11 is 0. The van der Waals surface area contributed by atoms with Gasteiger partial charge in [-0.3, -0.25) is 0 Å². The highest BCUT2D eigenvalue weighted by atomic mass is 16.3. The van der Waals surface area contributed by atoms with Crippen LogP contribution in [0.5, 0.6) is 0 Å². The maximum Gasteiger partial charge on any atom is 0.106 e. The number of aliphatic hydroxyl groups excluding tert-OH is 2. The van der Waals surface area contributed by atoms with Gasteiger partial charge in [-0.2, -0.15) is 0 Å². The van der Waals surface area contributed by atoms with Crippen molar-refractivity contribution in [1.29, 1.82) is 0 Å². The number of rotatable bonds is 4. The summed E-state index contributed by atoms with van der Waals surface area (Å²) < 4.78 is 0. The largest absolute Gasteiger partial charge is 0.389 e. The summed E-state index contributed by atoms with van der Waals surface area (Å²) in [5, 5.41) is 19.0. The number of hydrogen-bond donors (Lipinski definition) is 3. The molecule has 2 unspecified atom stereocenters. The van der Waals surface area contributed by atoms with Gasteiger partial charge < -0.3 is 15.9 Å². The van der Waals surface area contributed by atoms with Gasteiger partial charge in [-0.15, -0.1) is 0 Å². The van der Waals surface area contributed by atoms with E-state index in [2.05, 4.69) is 6.58 Å². The molecule has 0 amide bonds. The standard InChI is InChI=1S/C11H15NO2/c1-2-8-4-3-5-9(6-8)11(14)10(13)7-12/h2-6,10-11,13-14H,1,7,12H2. The Kier molecular flexibility index (Phi) is 3.83. The Bertz CT molecular complexity index is 312. The number of aliphatic hydroxyl groups is 2. The second-order valence-electron chi connectivity index (χ2n) is 3.12. The minimum Gasteiger partial charge on any atom is -0.389 e. The molecule has 0 aromatic heterocycles. The first-order valence-electron chi connectivity index (χ1n) is 4.47. The van der Waals surface area contributed by atoms with Gasteiger partial charge in [0.1, 0.15) is 6.10 Å². The molecule has 0 aliphatic heterocycles. The molecule has 14 heavy (non-hydrogen) atoms. The molecule has 76 valence electrons. The third kappa shape index (κ3) is 2.42. The van der Waals surface area contributed by atoms with Crippen LogP contribution in [0.1, 0.15) is 17.2 Å². The normalized spacial score (nSPS) is 14.8. The summed E-state index contributed by atoms with van der Waals surface area (Å²) in [5.41, 5.74) is 6.81. The van der Waals surface area contributed by atoms with Gasteiger partial charge in [0, 0.05) is 6.54 Å². The van der Waals surface area contributed by atoms with Crippen LogP contribution in [0, 0.1) is 0 Å². The van der Waals surface area contributed by atoms with Crippen LogP contribution in [-0.2, 0) is 0 Å². The van der Waals surface area contributed by atoms with Gasteiger partial charge in [0.25, 0.3) is 0 Å². The van der Waals surface area contributed by atoms with Crippen LogP contribution in [0.25, 0.3) is 6.08 Å². The maximum atomic E-state index is 9.64. The highest BCUT2D eigenvalue weighted by Gasteiger charge is 2.16. The van der Waals surface area contributed by atoms with E-state index in [4.69, 9.17) is 5.73 Å². The van der Waals surface area contributed by atoms with E-state index < -0.39 is 12.2 Å². The molecule has 0 aliphatic carbocycles. The van der Waals surface area contributed by atoms with E-state index in [1.807, 2.05) is 6.07 Å². The second kappa shape index (κ2) is 4.91. The third-order valence-corrected chi connectivity index (χ3v) is 2.09. The zero-order chi connectivity index (χ0) is 10.6. The van der Waals surface area contributed by atoms with Crippen LogP contribution >= 0.6 is 0 Å². The zero-order valence-corrected chi connectivity index (χ0v) is 7.93. The first kappa shape index (κ1) is 10.9. The third-order valence-electron chi connectivity index (χ3n) is 2.09. The van der Waals surface area contributed by atoms with Gasteiger partial charge >= 0.3 is 0 Å². The maximum absolute atomic E-state index is 9.64. The van der Waals surface area contributed by atoms with Crippen LogP contribution in [0.15, 0.2) is 30.8 Å². The van der Waals surface area contributed by atoms with Gasteiger partial charge in [-0.1, -0.05) is 30.9 Å². The van der Waals surface area contributed by atoms with Crippen molar-refractivity contribution in [1.82, 2.24) is 0 Å². The van der Waals surface area contributed by atoms with E-state index in [-0.39, 0.29) is 6.54 Å². The lowest BCUT2D eigenvalue weighted by molar-refractivity contribution is 0.0243. The van der Waals surface area contributed by atoms with Crippen molar-refractivity contribution in [2.75, 3.05) is 6.54 Å². The number of benzene rings is 1. The van der Waals surface area contributed by atoms with Crippen LogP contribution in [0.2, 0.25) is 0 Å². The first-order valence-corrected chi connectivity index (χ1v) is 4.47. The van der Waals surface area contributed by atoms with Crippen LogP contribution in [-0.4, -0.2) is 22.9 Å². The minimum absolute atomic E-state index is 0.0412. The molecular formula is C11H15NO2. The van der Waals surface area contributed by atoms with Crippen LogP contribution in [0.4, 0.5) is 0 Å². The fraction of sp³-hybridized carbons (Fsp3) is 0.273. The van der Waals surface area contributed by atoms with E-state index in [1.165, 1.54) is 0 Å². The van der Waals surface area contributed by atoms with Crippen molar-refractivity contribution in [3.05, 3.63) is 42.0 Å². The van der Waals surface area contributed by atoms with Gasteiger partial charge in [0.05, 0.1) is 6.10 Å². The SMILES string of the molecule is C=Cc1cccc(C(O)C(O)CN)c1. The lowest BCUT2D eigenvalue weighted by atomic mass is 10.0. The zero-order valence-electron chi connectivity index (χ0n) is 7.93. The van der Waals surface area contributed by atoms with E-state index in [0.717, 1.165) is 5.56 Å². The van der Waals surface area contributed by atoms with E-state index in [0.29, 0.717) is 5.56 Å². The molecule has 0 aliphatic rings. The van der Waals surface area contributed by atoms with E-state index >= 15 is 0 Å². The van der Waals surface area contributed by atoms with Gasteiger partial charge in [-0.05, 0) is 17.2 Å². The summed E-state index contributed by atoms with van der Waals surface area (Å²) in [4.78, 5) is 0. The number of nitrogens with two attached hydrogens (primary N) is 1. The molecular weight excluding hydrogens is 178 g/mol. The van der Waals surface area contributed by atoms with Crippen molar-refractivity contribution >= 4 is 6.08 Å². The topological polar surface area (TPSA) is 66.5 Å². The average Bonchev–Trinajstić information content (AvgIpc) is 2.27. The quantitative estimate of drug-likeness (QED) is 0.659. The summed E-state index contributed by atoms with van der Waals surface area (Å²) in [6.45, 7) is 3.67. The molecule has 3 heteroatoms. The molecule has 1 aromatic rings. The van der Waals surface area contributed by atoms with Crippen LogP contribution in [0.3, 0.4) is 0 Å². The smallest absolute Gasteiger partial charge is 0.106 e. The molecule has 1 aromatic carbocycles. The Hall–Kier alpha value is -1.16. The highest BCUT2D eigenvalue weighted by Crippen LogP contribution is 2.18. The van der Waals surface area contributed by atoms with Gasteiger partial charge in [-0.25, -0.2) is 0 Å². The molecule has 0 saturated heterocycles. The van der Waals surface area contributed by atoms with Crippen molar-refractivity contribution in [3.8, 4) is 0 Å². The molecule has 3 nitrogen and oxygen atoms in total. The highest BCUT2D eigenvalue weighted by molar-refractivity contribution is 5.48. The molecule has 0 radical (unpaired) electrons. The Morgan fingerprint density at radius 3 is 2.71 bits per heavy atom. The Morgan fingerprint density at radius 2 is 2.14 bits per heavy atom. The lowest BCUT2D eigenvalue weighted by Gasteiger charge is -2.16. The summed E-state index contributed by atoms with van der Waals surface area (Å²) in [6, 6.07) is 7.20. The predicted molar refractivity (Wildman–Crippen MR) is 56.6 cm³/mol. The van der Waals surface area contributed by atoms with E-state index in [1.54, 1.807) is 24.3 Å².